The summed E-state index contributed by atoms with van der Waals surface area (Å²) in [5.74, 6) is 1.19. The van der Waals surface area contributed by atoms with Gasteiger partial charge in [-0.3, -0.25) is 14.4 Å². The molecule has 6 heteroatoms. The molecule has 5 saturated carbocycles. The number of carboxylic acids is 1. The third-order valence-electron chi connectivity index (χ3n) is 14.6. The van der Waals surface area contributed by atoms with Gasteiger partial charge in [0.2, 0.25) is 0 Å². The molecule has 5 aliphatic carbocycles. The van der Waals surface area contributed by atoms with E-state index in [0.29, 0.717) is 36.2 Å². The van der Waals surface area contributed by atoms with Gasteiger partial charge in [-0.25, -0.2) is 0 Å². The fraction of sp³-hybridized carbons (Fsp3) is 0.861. The normalized spacial score (nSPS) is 45.4. The molecule has 0 aromatic carbocycles. The lowest BCUT2D eigenvalue weighted by Crippen LogP contribution is -2.67. The first-order chi connectivity index (χ1) is 19.5. The maximum Gasteiger partial charge on any atom is 0.306 e. The minimum Gasteiger partial charge on any atom is -0.481 e. The quantitative estimate of drug-likeness (QED) is 0.241. The van der Waals surface area contributed by atoms with E-state index >= 15 is 0 Å². The number of allylic oxidation sites excluding steroid dienone is 1. The molecule has 0 aliphatic heterocycles. The molecule has 0 aromatic heterocycles. The van der Waals surface area contributed by atoms with Crippen LogP contribution < -0.4 is 0 Å². The maximum absolute atomic E-state index is 12.6. The molecular weight excluding hydrogens is 528 g/mol. The van der Waals surface area contributed by atoms with Crippen LogP contribution in [0.15, 0.2) is 12.2 Å². The average molecular weight is 585 g/mol. The molecule has 5 fully saturated rings. The van der Waals surface area contributed by atoms with E-state index in [0.717, 1.165) is 38.5 Å². The van der Waals surface area contributed by atoms with E-state index in [9.17, 15) is 14.4 Å². The molecular formula is C36H56O6. The maximum atomic E-state index is 12.6. The molecule has 0 radical (unpaired) electrons. The number of hydrogen-bond acceptors (Lipinski definition) is 5. The zero-order chi connectivity index (χ0) is 30.9. The summed E-state index contributed by atoms with van der Waals surface area (Å²) in [6.07, 6.45) is 10.9. The van der Waals surface area contributed by atoms with Gasteiger partial charge in [-0.1, -0.05) is 46.8 Å². The molecule has 10 atom stereocenters. The Morgan fingerprint density at radius 3 is 2.17 bits per heavy atom. The van der Waals surface area contributed by atoms with E-state index in [-0.39, 0.29) is 58.0 Å². The van der Waals surface area contributed by atoms with Crippen LogP contribution in [-0.4, -0.2) is 35.7 Å². The van der Waals surface area contributed by atoms with Crippen LogP contribution in [0.4, 0.5) is 0 Å². The summed E-state index contributed by atoms with van der Waals surface area (Å²) < 4.78 is 11.8. The Morgan fingerprint density at radius 1 is 0.810 bits per heavy atom. The van der Waals surface area contributed by atoms with Crippen LogP contribution in [0.2, 0.25) is 0 Å². The number of hydrogen-bond donors (Lipinski definition) is 1. The van der Waals surface area contributed by atoms with Crippen molar-refractivity contribution in [3.8, 4) is 0 Å². The van der Waals surface area contributed by atoms with Crippen LogP contribution >= 0.6 is 0 Å². The molecule has 1 N–H and O–H groups in total. The van der Waals surface area contributed by atoms with E-state index in [1.54, 1.807) is 6.92 Å². The minimum atomic E-state index is -0.961. The first-order valence-corrected chi connectivity index (χ1v) is 16.7. The van der Waals surface area contributed by atoms with E-state index in [1.807, 2.05) is 0 Å². The molecule has 42 heavy (non-hydrogen) atoms. The Morgan fingerprint density at radius 2 is 1.52 bits per heavy atom. The Balaban J connectivity index is 1.42. The predicted octanol–water partition coefficient (Wildman–Crippen LogP) is 7.98. The van der Waals surface area contributed by atoms with Crippen molar-refractivity contribution < 1.29 is 29.0 Å². The van der Waals surface area contributed by atoms with Crippen molar-refractivity contribution in [1.29, 1.82) is 0 Å². The van der Waals surface area contributed by atoms with E-state index in [2.05, 4.69) is 48.1 Å². The van der Waals surface area contributed by atoms with Gasteiger partial charge in [0, 0.05) is 17.8 Å². The van der Waals surface area contributed by atoms with Gasteiger partial charge < -0.3 is 14.6 Å². The SMILES string of the molecule is C=C(C)[C@@H]1CC[C@]2(COC(C)=O)CC[C@]3(C)[C@H](CC[C@@H]4[C@@]5(C)CC[C@H](OC(=O)CCC(=O)O)C(C)(C)[C@@H]5CC[C@]43C)[C@@H]12. The van der Waals surface area contributed by atoms with Gasteiger partial charge in [-0.05, 0) is 117 Å². The van der Waals surface area contributed by atoms with Gasteiger partial charge in [0.05, 0.1) is 19.4 Å². The van der Waals surface area contributed by atoms with Gasteiger partial charge >= 0.3 is 17.9 Å². The molecule has 5 rings (SSSR count). The predicted molar refractivity (Wildman–Crippen MR) is 162 cm³/mol. The number of ether oxygens (including phenoxy) is 2. The molecule has 0 aromatic rings. The second-order valence-corrected chi connectivity index (χ2v) is 16.6. The van der Waals surface area contributed by atoms with Crippen molar-refractivity contribution >= 4 is 17.9 Å². The zero-order valence-electron chi connectivity index (χ0n) is 27.4. The molecule has 0 unspecified atom stereocenters. The molecule has 0 spiro atoms. The summed E-state index contributed by atoms with van der Waals surface area (Å²) in [6.45, 7) is 21.2. The third kappa shape index (κ3) is 4.67. The highest BCUT2D eigenvalue weighted by molar-refractivity contribution is 5.76. The lowest BCUT2D eigenvalue weighted by atomic mass is 9.32. The number of carbonyl (C=O) groups excluding carboxylic acids is 2. The summed E-state index contributed by atoms with van der Waals surface area (Å²) in [6, 6.07) is 0. The first kappa shape index (κ1) is 31.6. The Labute approximate surface area is 253 Å². The van der Waals surface area contributed by atoms with Gasteiger partial charge in [-0.2, -0.15) is 0 Å². The Hall–Kier alpha value is -1.85. The van der Waals surface area contributed by atoms with Gasteiger partial charge in [0.25, 0.3) is 0 Å². The van der Waals surface area contributed by atoms with Crippen LogP contribution in [0.25, 0.3) is 0 Å². The summed E-state index contributed by atoms with van der Waals surface area (Å²) in [7, 11) is 0. The first-order valence-electron chi connectivity index (χ1n) is 16.7. The fourth-order valence-electron chi connectivity index (χ4n) is 12.4. The van der Waals surface area contributed by atoms with Crippen LogP contribution in [0.1, 0.15) is 126 Å². The molecule has 0 saturated heterocycles. The van der Waals surface area contributed by atoms with Crippen LogP contribution in [0.3, 0.4) is 0 Å². The van der Waals surface area contributed by atoms with E-state index in [1.165, 1.54) is 31.3 Å². The molecule has 0 bridgehead atoms. The number of esters is 2. The summed E-state index contributed by atoms with van der Waals surface area (Å²) >= 11 is 0. The lowest BCUT2D eigenvalue weighted by molar-refractivity contribution is -0.252. The monoisotopic (exact) mass is 584 g/mol. The van der Waals surface area contributed by atoms with E-state index in [4.69, 9.17) is 14.6 Å². The smallest absolute Gasteiger partial charge is 0.306 e. The average Bonchev–Trinajstić information content (AvgIpc) is 3.29. The van der Waals surface area contributed by atoms with Gasteiger partial charge in [0.1, 0.15) is 6.10 Å². The van der Waals surface area contributed by atoms with Crippen molar-refractivity contribution in [2.75, 3.05) is 6.61 Å². The lowest BCUT2D eigenvalue weighted by Gasteiger charge is -2.73. The molecule has 0 amide bonds. The summed E-state index contributed by atoms with van der Waals surface area (Å²) in [4.78, 5) is 35.5. The number of carboxylic acid groups (broad SMARTS) is 1. The van der Waals surface area contributed by atoms with Gasteiger partial charge in [-0.15, -0.1) is 0 Å². The van der Waals surface area contributed by atoms with Crippen molar-refractivity contribution in [1.82, 2.24) is 0 Å². The Kier molecular flexibility index (Phi) is 8.00. The number of rotatable bonds is 7. The van der Waals surface area contributed by atoms with Gasteiger partial charge in [0.15, 0.2) is 0 Å². The highest BCUT2D eigenvalue weighted by atomic mass is 16.5. The standard InChI is InChI=1S/C36H56O6/c1-22(2)24-13-18-36(21-41-23(3)37)20-19-34(7)25(31(24)36)9-10-27-33(6)16-15-28(42-30(40)12-11-29(38)39)32(4,5)26(33)14-17-35(27,34)8/h24-28,31H,1,9-21H2,2-8H3,(H,38,39)/t24-,25+,26-,27+,28-,31+,33-,34+,35+,36+/m0/s1. The van der Waals surface area contributed by atoms with Crippen LogP contribution in [-0.2, 0) is 23.9 Å². The minimum absolute atomic E-state index is 0.0599. The van der Waals surface area contributed by atoms with E-state index < -0.39 is 5.97 Å². The molecule has 236 valence electrons. The molecule has 6 nitrogen and oxygen atoms in total. The fourth-order valence-corrected chi connectivity index (χ4v) is 12.4. The summed E-state index contributed by atoms with van der Waals surface area (Å²) in [5.41, 5.74) is 1.83. The largest absolute Gasteiger partial charge is 0.481 e. The number of fused-ring (bicyclic) bond motifs is 7. The second kappa shape index (κ2) is 10.6. The molecule has 0 heterocycles. The van der Waals surface area contributed by atoms with Crippen molar-refractivity contribution in [3.05, 3.63) is 12.2 Å². The van der Waals surface area contributed by atoms with Crippen molar-refractivity contribution in [3.63, 3.8) is 0 Å². The third-order valence-corrected chi connectivity index (χ3v) is 14.6. The number of aliphatic carboxylic acids is 1. The highest BCUT2D eigenvalue weighted by Crippen LogP contribution is 2.77. The molecule has 5 aliphatic rings. The zero-order valence-corrected chi connectivity index (χ0v) is 27.4. The van der Waals surface area contributed by atoms with Crippen LogP contribution in [0.5, 0.6) is 0 Å². The second-order valence-electron chi connectivity index (χ2n) is 16.6. The van der Waals surface area contributed by atoms with Crippen molar-refractivity contribution in [2.45, 2.75) is 132 Å². The van der Waals surface area contributed by atoms with Crippen molar-refractivity contribution in [2.24, 2.45) is 56.7 Å². The Bertz CT molecular complexity index is 1130. The topological polar surface area (TPSA) is 89.9 Å². The number of carbonyl (C=O) groups is 3. The van der Waals surface area contributed by atoms with Crippen LogP contribution in [0, 0.1) is 56.7 Å². The highest BCUT2D eigenvalue weighted by Gasteiger charge is 2.71. The summed E-state index contributed by atoms with van der Waals surface area (Å²) in [5, 5.41) is 9.02.